The van der Waals surface area contributed by atoms with E-state index in [-0.39, 0.29) is 17.6 Å². The lowest BCUT2D eigenvalue weighted by atomic mass is 9.86. The van der Waals surface area contributed by atoms with Crippen molar-refractivity contribution in [2.45, 2.75) is 38.7 Å². The van der Waals surface area contributed by atoms with E-state index in [0.717, 1.165) is 12.0 Å². The maximum atomic E-state index is 11.1. The molecule has 1 aliphatic rings. The molecular formula is C14H19NO2. The summed E-state index contributed by atoms with van der Waals surface area (Å²) in [5, 5.41) is 2.66. The summed E-state index contributed by atoms with van der Waals surface area (Å²) in [7, 11) is 0. The van der Waals surface area contributed by atoms with Crippen LogP contribution < -0.4 is 5.32 Å². The minimum Gasteiger partial charge on any atom is -0.441 e. The molecule has 0 aliphatic carbocycles. The fourth-order valence-corrected chi connectivity index (χ4v) is 1.97. The van der Waals surface area contributed by atoms with Gasteiger partial charge >= 0.3 is 6.09 Å². The second-order valence-corrected chi connectivity index (χ2v) is 5.48. The molecule has 17 heavy (non-hydrogen) atoms. The summed E-state index contributed by atoms with van der Waals surface area (Å²) in [4.78, 5) is 11.1. The van der Waals surface area contributed by atoms with E-state index in [9.17, 15) is 4.79 Å². The molecule has 92 valence electrons. The van der Waals surface area contributed by atoms with Crippen LogP contribution in [0.15, 0.2) is 24.3 Å². The van der Waals surface area contributed by atoms with Crippen molar-refractivity contribution < 1.29 is 9.53 Å². The molecule has 1 atom stereocenters. The summed E-state index contributed by atoms with van der Waals surface area (Å²) in [5.74, 6) is 0. The number of hydrogen-bond acceptors (Lipinski definition) is 2. The summed E-state index contributed by atoms with van der Waals surface area (Å²) < 4.78 is 5.25. The summed E-state index contributed by atoms with van der Waals surface area (Å²) in [5.41, 5.74) is 2.53. The summed E-state index contributed by atoms with van der Waals surface area (Å²) >= 11 is 0. The van der Waals surface area contributed by atoms with Gasteiger partial charge in [-0.05, 0) is 16.5 Å². The third-order valence-electron chi connectivity index (χ3n) is 3.07. The molecule has 0 saturated carbocycles. The largest absolute Gasteiger partial charge is 0.441 e. The molecule has 1 saturated heterocycles. The molecule has 0 aromatic heterocycles. The Morgan fingerprint density at radius 1 is 1.24 bits per heavy atom. The van der Waals surface area contributed by atoms with Crippen LogP contribution >= 0.6 is 0 Å². The third-order valence-corrected chi connectivity index (χ3v) is 3.07. The van der Waals surface area contributed by atoms with E-state index < -0.39 is 0 Å². The Labute approximate surface area is 102 Å². The van der Waals surface area contributed by atoms with Gasteiger partial charge in [-0.3, -0.25) is 0 Å². The van der Waals surface area contributed by atoms with Crippen molar-refractivity contribution in [3.8, 4) is 0 Å². The summed E-state index contributed by atoms with van der Waals surface area (Å²) in [6.45, 7) is 7.25. The molecule has 1 fully saturated rings. The van der Waals surface area contributed by atoms with Crippen LogP contribution in [0.4, 0.5) is 4.79 Å². The van der Waals surface area contributed by atoms with Crippen molar-refractivity contribution >= 4 is 6.09 Å². The number of alkyl carbamates (subject to hydrolysis) is 1. The lowest BCUT2D eigenvalue weighted by molar-refractivity contribution is 0.0738. The minimum absolute atomic E-state index is 0.0993. The average molecular weight is 233 g/mol. The normalized spacial score (nSPS) is 20.6. The zero-order valence-electron chi connectivity index (χ0n) is 10.6. The van der Waals surface area contributed by atoms with Crippen molar-refractivity contribution in [2.24, 2.45) is 0 Å². The highest BCUT2D eigenvalue weighted by Crippen LogP contribution is 2.27. The Morgan fingerprint density at radius 3 is 2.41 bits per heavy atom. The van der Waals surface area contributed by atoms with E-state index in [4.69, 9.17) is 4.74 Å². The van der Waals surface area contributed by atoms with Crippen LogP contribution in [0.25, 0.3) is 0 Å². The van der Waals surface area contributed by atoms with E-state index in [1.807, 2.05) is 0 Å². The zero-order valence-corrected chi connectivity index (χ0v) is 10.6. The highest BCUT2D eigenvalue weighted by molar-refractivity contribution is 5.68. The number of ether oxygens (including phenoxy) is 1. The Kier molecular flexibility index (Phi) is 3.09. The number of hydrogen-bond donors (Lipinski definition) is 1. The van der Waals surface area contributed by atoms with Gasteiger partial charge < -0.3 is 10.1 Å². The van der Waals surface area contributed by atoms with E-state index >= 15 is 0 Å². The molecule has 1 amide bonds. The molecule has 0 unspecified atom stereocenters. The van der Waals surface area contributed by atoms with Gasteiger partial charge in [-0.25, -0.2) is 4.79 Å². The second-order valence-electron chi connectivity index (χ2n) is 5.48. The van der Waals surface area contributed by atoms with Gasteiger partial charge in [0.2, 0.25) is 0 Å². The number of carbonyl (C=O) groups is 1. The molecule has 3 nitrogen and oxygen atoms in total. The fraction of sp³-hybridized carbons (Fsp3) is 0.500. The number of benzene rings is 1. The van der Waals surface area contributed by atoms with Crippen molar-refractivity contribution in [3.63, 3.8) is 0 Å². The summed E-state index contributed by atoms with van der Waals surface area (Å²) in [6.07, 6.45) is 0.416. The molecule has 1 aliphatic heterocycles. The van der Waals surface area contributed by atoms with E-state index in [1.165, 1.54) is 5.56 Å². The molecule has 1 N–H and O–H groups in total. The predicted molar refractivity (Wildman–Crippen MR) is 67.0 cm³/mol. The van der Waals surface area contributed by atoms with E-state index in [1.54, 1.807) is 0 Å². The van der Waals surface area contributed by atoms with Crippen molar-refractivity contribution in [3.05, 3.63) is 35.4 Å². The summed E-state index contributed by atoms with van der Waals surface area (Å²) in [6, 6.07) is 8.35. The lowest BCUT2D eigenvalue weighted by Gasteiger charge is -2.24. The van der Waals surface area contributed by atoms with Gasteiger partial charge in [0, 0.05) is 13.0 Å². The van der Waals surface area contributed by atoms with Gasteiger partial charge in [0.15, 0.2) is 0 Å². The lowest BCUT2D eigenvalue weighted by Crippen LogP contribution is -2.33. The Balaban J connectivity index is 2.15. The first-order valence-corrected chi connectivity index (χ1v) is 6.02. The quantitative estimate of drug-likeness (QED) is 0.809. The molecular weight excluding hydrogens is 214 g/mol. The first kappa shape index (κ1) is 12.0. The minimum atomic E-state index is -0.318. The number of cyclic esters (lactones) is 1. The molecule has 1 heterocycles. The van der Waals surface area contributed by atoms with Crippen LogP contribution in [0, 0.1) is 0 Å². The standard InChI is InChI=1S/C14H19NO2/c1-14(2,3)11-6-4-10(5-7-11)12-8-9-15-13(16)17-12/h4-7,12H,8-9H2,1-3H3,(H,15,16)/t12-/m1/s1. The first-order valence-electron chi connectivity index (χ1n) is 6.02. The molecule has 3 heteroatoms. The highest BCUT2D eigenvalue weighted by Gasteiger charge is 2.22. The van der Waals surface area contributed by atoms with Crippen molar-refractivity contribution in [1.82, 2.24) is 5.32 Å². The fourth-order valence-electron chi connectivity index (χ4n) is 1.97. The molecule has 1 aromatic rings. The van der Waals surface area contributed by atoms with Crippen molar-refractivity contribution in [1.29, 1.82) is 0 Å². The Hall–Kier alpha value is -1.51. The topological polar surface area (TPSA) is 38.3 Å². The highest BCUT2D eigenvalue weighted by atomic mass is 16.6. The molecule has 0 spiro atoms. The molecule has 0 radical (unpaired) electrons. The van der Waals surface area contributed by atoms with Gasteiger partial charge in [0.05, 0.1) is 0 Å². The van der Waals surface area contributed by atoms with Crippen LogP contribution in [-0.2, 0) is 10.2 Å². The van der Waals surface area contributed by atoms with Crippen LogP contribution in [0.5, 0.6) is 0 Å². The maximum Gasteiger partial charge on any atom is 0.407 e. The number of nitrogens with one attached hydrogen (secondary N) is 1. The van der Waals surface area contributed by atoms with Crippen LogP contribution in [0.3, 0.4) is 0 Å². The first-order chi connectivity index (χ1) is 7.97. The third kappa shape index (κ3) is 2.78. The Bertz CT molecular complexity index is 403. The van der Waals surface area contributed by atoms with Gasteiger partial charge in [-0.1, -0.05) is 45.0 Å². The van der Waals surface area contributed by atoms with Gasteiger partial charge in [-0.15, -0.1) is 0 Å². The number of amides is 1. The average Bonchev–Trinajstić information content (AvgIpc) is 2.28. The van der Waals surface area contributed by atoms with Gasteiger partial charge in [-0.2, -0.15) is 0 Å². The van der Waals surface area contributed by atoms with E-state index in [2.05, 4.69) is 50.4 Å². The van der Waals surface area contributed by atoms with Crippen LogP contribution in [0.2, 0.25) is 0 Å². The number of carbonyl (C=O) groups excluding carboxylic acids is 1. The van der Waals surface area contributed by atoms with Crippen LogP contribution in [0.1, 0.15) is 44.4 Å². The molecule has 1 aromatic carbocycles. The smallest absolute Gasteiger partial charge is 0.407 e. The molecule has 2 rings (SSSR count). The van der Waals surface area contributed by atoms with Crippen LogP contribution in [-0.4, -0.2) is 12.6 Å². The van der Waals surface area contributed by atoms with Gasteiger partial charge in [0.25, 0.3) is 0 Å². The predicted octanol–water partition coefficient (Wildman–Crippen LogP) is 3.16. The Morgan fingerprint density at radius 2 is 1.88 bits per heavy atom. The number of rotatable bonds is 1. The zero-order chi connectivity index (χ0) is 12.5. The van der Waals surface area contributed by atoms with E-state index in [0.29, 0.717) is 6.54 Å². The van der Waals surface area contributed by atoms with Crippen molar-refractivity contribution in [2.75, 3.05) is 6.54 Å². The SMILES string of the molecule is CC(C)(C)c1ccc([C@H]2CCNC(=O)O2)cc1. The van der Waals surface area contributed by atoms with Gasteiger partial charge in [0.1, 0.15) is 6.10 Å². The maximum absolute atomic E-state index is 11.1. The monoisotopic (exact) mass is 233 g/mol. The second kappa shape index (κ2) is 4.40. The molecule has 0 bridgehead atoms.